The molecule has 3 aromatic rings. The van der Waals surface area contributed by atoms with Gasteiger partial charge < -0.3 is 5.32 Å². The lowest BCUT2D eigenvalue weighted by atomic mass is 10.1. The van der Waals surface area contributed by atoms with Gasteiger partial charge in [-0.1, -0.05) is 19.1 Å². The van der Waals surface area contributed by atoms with Gasteiger partial charge in [0.15, 0.2) is 0 Å². The third kappa shape index (κ3) is 4.31. The number of hydrogen-bond donors (Lipinski definition) is 1. The average molecular weight is 472 g/mol. The lowest BCUT2D eigenvalue weighted by Crippen LogP contribution is -2.58. The van der Waals surface area contributed by atoms with Crippen LogP contribution in [-0.2, 0) is 6.42 Å². The maximum Gasteiger partial charge on any atom is 0.429 e. The van der Waals surface area contributed by atoms with Crippen molar-refractivity contribution in [3.8, 4) is 5.95 Å². The molecular weight excluding hydrogens is 442 g/mol. The molecule has 0 spiro atoms. The van der Waals surface area contributed by atoms with Crippen molar-refractivity contribution in [2.24, 2.45) is 0 Å². The highest BCUT2D eigenvalue weighted by molar-refractivity contribution is 5.85. The van der Waals surface area contributed by atoms with Gasteiger partial charge >= 0.3 is 6.01 Å². The highest BCUT2D eigenvalue weighted by Gasteiger charge is 2.41. The number of hydrogen-bond acceptors (Lipinski definition) is 5. The average Bonchev–Trinajstić information content (AvgIpc) is 3.48. The second-order valence-electron chi connectivity index (χ2n) is 8.35. The normalized spacial score (nSPS) is 20.4. The van der Waals surface area contributed by atoms with Crippen LogP contribution in [0, 0.1) is 5.82 Å². The number of halogens is 3. The van der Waals surface area contributed by atoms with E-state index in [1.165, 1.54) is 30.0 Å². The Hall–Kier alpha value is -1.74. The van der Waals surface area contributed by atoms with Crippen molar-refractivity contribution in [2.45, 2.75) is 51.5 Å². The Bertz CT molecular complexity index is 1010. The first kappa shape index (κ1) is 23.9. The van der Waals surface area contributed by atoms with Gasteiger partial charge in [-0.25, -0.2) is 8.87 Å². The van der Waals surface area contributed by atoms with E-state index in [4.69, 9.17) is 9.51 Å². The summed E-state index contributed by atoms with van der Waals surface area (Å²) in [5, 5.41) is 13.2. The number of aromatic nitrogens is 4. The molecule has 0 bridgehead atoms. The highest BCUT2D eigenvalue weighted by Crippen LogP contribution is 2.31. The first-order valence-corrected chi connectivity index (χ1v) is 10.8. The Morgan fingerprint density at radius 2 is 2.00 bits per heavy atom. The van der Waals surface area contributed by atoms with Crippen molar-refractivity contribution in [3.63, 3.8) is 0 Å². The quantitative estimate of drug-likeness (QED) is 0.564. The van der Waals surface area contributed by atoms with Gasteiger partial charge in [0.2, 0.25) is 0 Å². The zero-order chi connectivity index (χ0) is 19.8. The van der Waals surface area contributed by atoms with Gasteiger partial charge in [0.25, 0.3) is 5.95 Å². The molecule has 1 atom stereocenters. The minimum absolute atomic E-state index is 0. The molecule has 4 heterocycles. The van der Waals surface area contributed by atoms with Gasteiger partial charge in [0.05, 0.1) is 24.8 Å². The lowest BCUT2D eigenvalue weighted by molar-refractivity contribution is 0.164. The number of nitrogens with zero attached hydrogens (tertiary/aromatic N) is 5. The molecule has 7 nitrogen and oxygen atoms in total. The third-order valence-corrected chi connectivity index (χ3v) is 6.47. The molecule has 2 aliphatic heterocycles. The summed E-state index contributed by atoms with van der Waals surface area (Å²) in [5.41, 5.74) is 1.25. The van der Waals surface area contributed by atoms with Gasteiger partial charge in [0, 0.05) is 5.39 Å². The summed E-state index contributed by atoms with van der Waals surface area (Å²) in [7, 11) is 0. The van der Waals surface area contributed by atoms with E-state index in [1.54, 1.807) is 6.07 Å². The van der Waals surface area contributed by atoms with Gasteiger partial charge in [-0.05, 0) is 56.3 Å². The number of rotatable bonds is 5. The number of benzene rings is 1. The Morgan fingerprint density at radius 3 is 2.71 bits per heavy atom. The van der Waals surface area contributed by atoms with Crippen molar-refractivity contribution >= 4 is 41.7 Å². The van der Waals surface area contributed by atoms with Gasteiger partial charge in [-0.15, -0.1) is 29.8 Å². The van der Waals surface area contributed by atoms with Crippen LogP contribution >= 0.6 is 24.8 Å². The molecule has 0 unspecified atom stereocenters. The maximum absolute atomic E-state index is 14.6. The largest absolute Gasteiger partial charge is 0.429 e. The lowest BCUT2D eigenvalue weighted by Gasteiger charge is -2.38. The van der Waals surface area contributed by atoms with Gasteiger partial charge in [-0.2, -0.15) is 9.78 Å². The molecule has 10 heteroatoms. The highest BCUT2D eigenvalue weighted by atomic mass is 35.5. The summed E-state index contributed by atoms with van der Waals surface area (Å²) in [6, 6.07) is 6.18. The van der Waals surface area contributed by atoms with Gasteiger partial charge in [-0.3, -0.25) is 4.52 Å². The van der Waals surface area contributed by atoms with Crippen molar-refractivity contribution in [3.05, 3.63) is 29.7 Å². The predicted octanol–water partition coefficient (Wildman–Crippen LogP) is 4.20. The summed E-state index contributed by atoms with van der Waals surface area (Å²) >= 11 is 0. The van der Waals surface area contributed by atoms with E-state index in [9.17, 15) is 4.39 Å². The number of aryl methyl sites for hydroxylation is 1. The Kier molecular flexibility index (Phi) is 7.57. The zero-order valence-corrected chi connectivity index (χ0v) is 19.4. The minimum Gasteiger partial charge on any atom is -0.309 e. The minimum atomic E-state index is -0.321. The molecular formula is C21H30Cl2FN6O+. The van der Waals surface area contributed by atoms with E-state index in [2.05, 4.69) is 15.6 Å². The third-order valence-electron chi connectivity index (χ3n) is 6.47. The number of fused-ring (bicyclic) bond motifs is 1. The fraction of sp³-hybridized carbons (Fsp3) is 0.571. The Morgan fingerprint density at radius 1 is 1.19 bits per heavy atom. The van der Waals surface area contributed by atoms with Crippen molar-refractivity contribution < 1.29 is 8.91 Å². The van der Waals surface area contributed by atoms with Crippen LogP contribution < -0.4 is 9.80 Å². The summed E-state index contributed by atoms with van der Waals surface area (Å²) in [6.07, 6.45) is 6.68. The molecule has 2 fully saturated rings. The number of nitrogens with one attached hydrogen (secondary N) is 1. The predicted molar refractivity (Wildman–Crippen MR) is 124 cm³/mol. The zero-order valence-electron chi connectivity index (χ0n) is 17.7. The molecule has 31 heavy (non-hydrogen) atoms. The van der Waals surface area contributed by atoms with Crippen molar-refractivity contribution in [2.75, 3.05) is 26.2 Å². The van der Waals surface area contributed by atoms with Crippen LogP contribution in [0.3, 0.4) is 0 Å². The first-order chi connectivity index (χ1) is 14.2. The smallest absolute Gasteiger partial charge is 0.309 e. The fourth-order valence-electron chi connectivity index (χ4n) is 4.98. The number of quaternary nitrogens is 1. The molecule has 0 aliphatic carbocycles. The van der Waals surface area contributed by atoms with Crippen LogP contribution in [-0.4, -0.2) is 52.1 Å². The molecule has 1 N–H and O–H groups in total. The fourth-order valence-corrected chi connectivity index (χ4v) is 4.98. The van der Waals surface area contributed by atoms with E-state index in [-0.39, 0.29) is 30.6 Å². The van der Waals surface area contributed by atoms with E-state index in [0.717, 1.165) is 50.1 Å². The summed E-state index contributed by atoms with van der Waals surface area (Å²) in [4.78, 5) is 4.76. The van der Waals surface area contributed by atoms with Crippen LogP contribution in [0.1, 0.15) is 44.7 Å². The number of piperidine rings is 1. The molecule has 1 aromatic carbocycles. The molecule has 2 aliphatic rings. The Labute approximate surface area is 193 Å². The van der Waals surface area contributed by atoms with E-state index >= 15 is 0 Å². The number of para-hydroxylation sites is 1. The van der Waals surface area contributed by atoms with Crippen molar-refractivity contribution in [1.82, 2.24) is 29.7 Å². The van der Waals surface area contributed by atoms with Gasteiger partial charge in [0.1, 0.15) is 17.9 Å². The Balaban J connectivity index is 0.00000136. The second kappa shape index (κ2) is 9.81. The molecule has 5 rings (SSSR count). The number of likely N-dealkylation sites (tertiary alicyclic amines) is 1. The molecule has 2 aromatic heterocycles. The summed E-state index contributed by atoms with van der Waals surface area (Å²) in [6.45, 7) is 6.08. The van der Waals surface area contributed by atoms with Crippen molar-refractivity contribution in [1.29, 1.82) is 0 Å². The van der Waals surface area contributed by atoms with Crippen LogP contribution in [0.4, 0.5) is 10.4 Å². The molecule has 170 valence electrons. The van der Waals surface area contributed by atoms with Crippen LogP contribution in [0.25, 0.3) is 16.9 Å². The second-order valence-corrected chi connectivity index (χ2v) is 8.35. The van der Waals surface area contributed by atoms with E-state index < -0.39 is 0 Å². The standard InChI is InChI=1S/C21H28FN6O.2ClH/c1-2-18-16-9-6-10-17(22)19(16)27(25-18)20-24-21(29-26-20)28(12-4-3-5-13-28)14-15-8-7-11-23-15;;/h6,9-10,15,23H,2-5,7-8,11-14H2,1H3;2*1H/q+1;;/t15-;;/m1../s1. The first-order valence-electron chi connectivity index (χ1n) is 10.8. The van der Waals surface area contributed by atoms with Crippen LogP contribution in [0.15, 0.2) is 22.7 Å². The molecule has 0 saturated carbocycles. The maximum atomic E-state index is 14.6. The van der Waals surface area contributed by atoms with Crippen LogP contribution in [0.2, 0.25) is 0 Å². The monoisotopic (exact) mass is 471 g/mol. The molecule has 0 amide bonds. The molecule has 0 radical (unpaired) electrons. The SMILES string of the molecule is CCc1nn(-c2noc([N+]3(C[C@H]4CCCN4)CCCCC3)n2)c2c(F)cccc12.Cl.Cl. The van der Waals surface area contributed by atoms with E-state index in [1.807, 2.05) is 13.0 Å². The molecule has 2 saturated heterocycles. The van der Waals surface area contributed by atoms with E-state index in [0.29, 0.717) is 34.4 Å². The summed E-state index contributed by atoms with van der Waals surface area (Å²) in [5.74, 6) is -0.00432. The summed E-state index contributed by atoms with van der Waals surface area (Å²) < 4.78 is 22.7. The topological polar surface area (TPSA) is 68.8 Å². The van der Waals surface area contributed by atoms with Crippen LogP contribution in [0.5, 0.6) is 0 Å².